The zero-order valence-electron chi connectivity index (χ0n) is 17.8. The molecule has 2 N–H and O–H groups in total. The van der Waals surface area contributed by atoms with Crippen LogP contribution >= 0.6 is 0 Å². The Bertz CT molecular complexity index is 645. The second-order valence-electron chi connectivity index (χ2n) is 11.2. The van der Waals surface area contributed by atoms with Crippen LogP contribution in [0.15, 0.2) is 0 Å². The van der Waals surface area contributed by atoms with E-state index in [0.29, 0.717) is 41.8 Å². The molecule has 4 rings (SSSR count). The maximum absolute atomic E-state index is 13.3. The zero-order chi connectivity index (χ0) is 20.3. The number of aliphatic hydroxyl groups excluding tert-OH is 1. The lowest BCUT2D eigenvalue weighted by Crippen LogP contribution is -2.57. The van der Waals surface area contributed by atoms with Crippen LogP contribution < -0.4 is 0 Å². The predicted molar refractivity (Wildman–Crippen MR) is 108 cm³/mol. The first kappa shape index (κ1) is 20.4. The highest BCUT2D eigenvalue weighted by Crippen LogP contribution is 2.67. The van der Waals surface area contributed by atoms with Gasteiger partial charge in [-0.05, 0) is 91.8 Å². The molecule has 0 heterocycles. The van der Waals surface area contributed by atoms with Crippen molar-refractivity contribution in [3.05, 3.63) is 0 Å². The van der Waals surface area contributed by atoms with Crippen LogP contribution in [0.25, 0.3) is 0 Å². The molecule has 0 aromatic carbocycles. The number of hydrogen-bond acceptors (Lipinski definition) is 3. The van der Waals surface area contributed by atoms with E-state index in [-0.39, 0.29) is 29.3 Å². The van der Waals surface area contributed by atoms with Crippen molar-refractivity contribution in [2.24, 2.45) is 46.3 Å². The average molecular weight is 391 g/mol. The molecule has 158 valence electrons. The molecule has 0 aromatic heterocycles. The number of carboxylic acid groups (broad SMARTS) is 1. The van der Waals surface area contributed by atoms with Crippen molar-refractivity contribution in [1.82, 2.24) is 0 Å². The van der Waals surface area contributed by atoms with Gasteiger partial charge in [0.05, 0.1) is 6.10 Å². The number of fused-ring (bicyclic) bond motifs is 5. The van der Waals surface area contributed by atoms with Gasteiger partial charge < -0.3 is 10.2 Å². The Hall–Kier alpha value is -0.900. The molecule has 4 unspecified atom stereocenters. The fourth-order valence-electron chi connectivity index (χ4n) is 8.44. The fraction of sp³-hybridized carbons (Fsp3) is 0.917. The third-order valence-electron chi connectivity index (χ3n) is 10.0. The van der Waals surface area contributed by atoms with Crippen molar-refractivity contribution in [3.63, 3.8) is 0 Å². The maximum Gasteiger partial charge on any atom is 0.303 e. The molecule has 0 aliphatic heterocycles. The summed E-state index contributed by atoms with van der Waals surface area (Å²) < 4.78 is 0. The minimum Gasteiger partial charge on any atom is -0.481 e. The van der Waals surface area contributed by atoms with Crippen molar-refractivity contribution in [3.8, 4) is 0 Å². The SMILES string of the molecule is C[C@H](CCC(=O)O)[C@H]1CC[C@H]2C3C(=O)CC4C[C@H](O)CCC4(C)[C@H]3CCC12C. The number of carbonyl (C=O) groups excluding carboxylic acids is 1. The number of carboxylic acids is 1. The number of Topliss-reactive ketones (excluding diaryl/α,β-unsaturated/α-hetero) is 1. The second kappa shape index (κ2) is 7.11. The van der Waals surface area contributed by atoms with Gasteiger partial charge in [0.15, 0.2) is 0 Å². The number of ketones is 1. The molecular weight excluding hydrogens is 352 g/mol. The number of hydrogen-bond donors (Lipinski definition) is 2. The smallest absolute Gasteiger partial charge is 0.303 e. The van der Waals surface area contributed by atoms with E-state index in [1.807, 2.05) is 0 Å². The standard InChI is InChI=1S/C24H38O4/c1-14(4-7-21(27)28)17-5-6-18-22-19(9-11-24(17,18)3)23(2)10-8-16(25)12-15(23)13-20(22)26/h14-19,22,25H,4-13H2,1-3H3,(H,27,28)/t14-,15?,16-,17-,18+,19+,22?,23?,24?/m1/s1. The minimum atomic E-state index is -0.698. The normalized spacial score (nSPS) is 49.1. The third-order valence-corrected chi connectivity index (χ3v) is 10.0. The molecule has 4 saturated carbocycles. The van der Waals surface area contributed by atoms with Crippen LogP contribution in [0, 0.1) is 46.3 Å². The van der Waals surface area contributed by atoms with E-state index < -0.39 is 5.97 Å². The number of carbonyl (C=O) groups is 2. The van der Waals surface area contributed by atoms with Crippen LogP contribution in [0.3, 0.4) is 0 Å². The van der Waals surface area contributed by atoms with E-state index >= 15 is 0 Å². The number of rotatable bonds is 4. The Kier molecular flexibility index (Phi) is 5.17. The van der Waals surface area contributed by atoms with E-state index in [9.17, 15) is 14.7 Å². The Morgan fingerprint density at radius 2 is 1.79 bits per heavy atom. The Balaban J connectivity index is 1.56. The summed E-state index contributed by atoms with van der Waals surface area (Å²) in [6, 6.07) is 0. The van der Waals surface area contributed by atoms with Gasteiger partial charge in [-0.3, -0.25) is 9.59 Å². The van der Waals surface area contributed by atoms with Crippen molar-refractivity contribution >= 4 is 11.8 Å². The molecule has 4 aliphatic carbocycles. The molecule has 0 bridgehead atoms. The summed E-state index contributed by atoms with van der Waals surface area (Å²) in [6.45, 7) is 7.06. The summed E-state index contributed by atoms with van der Waals surface area (Å²) in [6.07, 6.45) is 8.81. The summed E-state index contributed by atoms with van der Waals surface area (Å²) in [5.74, 6) is 2.25. The molecule has 4 aliphatic rings. The van der Waals surface area contributed by atoms with Crippen LogP contribution in [0.5, 0.6) is 0 Å². The molecule has 0 radical (unpaired) electrons. The highest BCUT2D eigenvalue weighted by Gasteiger charge is 2.62. The zero-order valence-corrected chi connectivity index (χ0v) is 17.8. The molecule has 4 nitrogen and oxygen atoms in total. The first-order valence-electron chi connectivity index (χ1n) is 11.6. The van der Waals surface area contributed by atoms with Crippen molar-refractivity contribution in [2.45, 2.75) is 91.1 Å². The van der Waals surface area contributed by atoms with Gasteiger partial charge in [-0.1, -0.05) is 20.8 Å². The predicted octanol–water partition coefficient (Wildman–Crippen LogP) is 4.69. The molecular formula is C24H38O4. The van der Waals surface area contributed by atoms with E-state index in [4.69, 9.17) is 5.11 Å². The second-order valence-corrected chi connectivity index (χ2v) is 11.2. The topological polar surface area (TPSA) is 74.6 Å². The van der Waals surface area contributed by atoms with Gasteiger partial charge in [0.1, 0.15) is 5.78 Å². The molecule has 0 amide bonds. The van der Waals surface area contributed by atoms with Gasteiger partial charge in [0, 0.05) is 18.8 Å². The monoisotopic (exact) mass is 390 g/mol. The van der Waals surface area contributed by atoms with Gasteiger partial charge in [-0.25, -0.2) is 0 Å². The quantitative estimate of drug-likeness (QED) is 0.730. The average Bonchev–Trinajstić information content (AvgIpc) is 2.98. The van der Waals surface area contributed by atoms with Gasteiger partial charge in [0.25, 0.3) is 0 Å². The van der Waals surface area contributed by atoms with E-state index in [1.54, 1.807) is 0 Å². The molecule has 0 aromatic rings. The fourth-order valence-corrected chi connectivity index (χ4v) is 8.44. The third kappa shape index (κ3) is 3.05. The highest BCUT2D eigenvalue weighted by atomic mass is 16.4. The van der Waals surface area contributed by atoms with Crippen LogP contribution in [-0.2, 0) is 9.59 Å². The van der Waals surface area contributed by atoms with Crippen LogP contribution in [0.4, 0.5) is 0 Å². The summed E-state index contributed by atoms with van der Waals surface area (Å²) in [4.78, 5) is 24.4. The van der Waals surface area contributed by atoms with Gasteiger partial charge in [-0.15, -0.1) is 0 Å². The van der Waals surface area contributed by atoms with Gasteiger partial charge in [0.2, 0.25) is 0 Å². The van der Waals surface area contributed by atoms with Crippen LogP contribution in [0.1, 0.15) is 85.0 Å². The maximum atomic E-state index is 13.3. The van der Waals surface area contributed by atoms with Crippen molar-refractivity contribution in [2.75, 3.05) is 0 Å². The number of aliphatic carboxylic acids is 1. The highest BCUT2D eigenvalue weighted by molar-refractivity contribution is 5.83. The lowest BCUT2D eigenvalue weighted by molar-refractivity contribution is -0.160. The molecule has 0 spiro atoms. The molecule has 9 atom stereocenters. The molecule has 28 heavy (non-hydrogen) atoms. The first-order valence-corrected chi connectivity index (χ1v) is 11.6. The Morgan fingerprint density at radius 1 is 1.11 bits per heavy atom. The molecule has 0 saturated heterocycles. The van der Waals surface area contributed by atoms with Gasteiger partial charge >= 0.3 is 5.97 Å². The van der Waals surface area contributed by atoms with E-state index in [2.05, 4.69) is 20.8 Å². The Labute approximate surface area is 169 Å². The summed E-state index contributed by atoms with van der Waals surface area (Å²) in [5.41, 5.74) is 0.401. The first-order chi connectivity index (χ1) is 13.2. The number of aliphatic hydroxyl groups is 1. The van der Waals surface area contributed by atoms with E-state index in [1.165, 1.54) is 6.42 Å². The summed E-state index contributed by atoms with van der Waals surface area (Å²) >= 11 is 0. The molecule has 4 fully saturated rings. The summed E-state index contributed by atoms with van der Waals surface area (Å²) in [7, 11) is 0. The van der Waals surface area contributed by atoms with Gasteiger partial charge in [-0.2, -0.15) is 0 Å². The minimum absolute atomic E-state index is 0.187. The summed E-state index contributed by atoms with van der Waals surface area (Å²) in [5, 5.41) is 19.3. The largest absolute Gasteiger partial charge is 0.481 e. The van der Waals surface area contributed by atoms with Crippen molar-refractivity contribution < 1.29 is 19.8 Å². The van der Waals surface area contributed by atoms with E-state index in [0.717, 1.165) is 44.9 Å². The van der Waals surface area contributed by atoms with Crippen molar-refractivity contribution in [1.29, 1.82) is 0 Å². The lowest BCUT2D eigenvalue weighted by Gasteiger charge is -2.60. The van der Waals surface area contributed by atoms with Crippen LogP contribution in [-0.4, -0.2) is 28.1 Å². The lowest BCUT2D eigenvalue weighted by atomic mass is 9.44. The molecule has 4 heteroatoms. The Morgan fingerprint density at radius 3 is 2.50 bits per heavy atom. The van der Waals surface area contributed by atoms with Crippen LogP contribution in [0.2, 0.25) is 0 Å².